The molecule has 1 aromatic carbocycles. The summed E-state index contributed by atoms with van der Waals surface area (Å²) in [6.07, 6.45) is 2.84. The van der Waals surface area contributed by atoms with Gasteiger partial charge < -0.3 is 14.4 Å². The summed E-state index contributed by atoms with van der Waals surface area (Å²) < 4.78 is 15.4. The van der Waals surface area contributed by atoms with Gasteiger partial charge in [0.2, 0.25) is 5.95 Å². The number of fused-ring (bicyclic) bond motifs is 3. The fourth-order valence-corrected chi connectivity index (χ4v) is 4.17. The summed E-state index contributed by atoms with van der Waals surface area (Å²) >= 11 is 0. The van der Waals surface area contributed by atoms with Crippen LogP contribution in [-0.4, -0.2) is 39.7 Å². The minimum Gasteiger partial charge on any atom is -0.365 e. The molecule has 3 aromatic rings. The zero-order valence-electron chi connectivity index (χ0n) is 13.8. The van der Waals surface area contributed by atoms with Gasteiger partial charge in [0, 0.05) is 38.1 Å². The van der Waals surface area contributed by atoms with Crippen molar-refractivity contribution in [3.63, 3.8) is 0 Å². The van der Waals surface area contributed by atoms with Gasteiger partial charge >= 0.3 is 0 Å². The smallest absolute Gasteiger partial charge is 0.261 e. The maximum Gasteiger partial charge on any atom is 0.261 e. The number of aromatic amines is 1. The van der Waals surface area contributed by atoms with Gasteiger partial charge in [0.05, 0.1) is 11.4 Å². The van der Waals surface area contributed by atoms with E-state index in [0.717, 1.165) is 25.2 Å². The normalized spacial score (nSPS) is 22.3. The molecule has 7 heteroatoms. The molecule has 0 spiro atoms. The monoisotopic (exact) mass is 339 g/mol. The largest absolute Gasteiger partial charge is 0.365 e. The summed E-state index contributed by atoms with van der Waals surface area (Å²) in [5.74, 6) is 0.419. The molecule has 25 heavy (non-hydrogen) atoms. The van der Waals surface area contributed by atoms with E-state index < -0.39 is 0 Å². The molecule has 5 rings (SSSR count). The lowest BCUT2D eigenvalue weighted by molar-refractivity contribution is 0.615. The molecule has 4 heterocycles. The first kappa shape index (κ1) is 14.5. The SMILES string of the molecule is Cn1ccc2c(=O)[nH]c(N3C[C@@H]4C[C@H]3CN4c3cccc(F)c3)nc21. The number of nitrogens with one attached hydrogen (secondary N) is 1. The highest BCUT2D eigenvalue weighted by Crippen LogP contribution is 2.36. The van der Waals surface area contributed by atoms with E-state index in [-0.39, 0.29) is 17.4 Å². The van der Waals surface area contributed by atoms with Crippen LogP contribution in [0.15, 0.2) is 41.3 Å². The lowest BCUT2D eigenvalue weighted by atomic mass is 10.2. The van der Waals surface area contributed by atoms with E-state index in [1.165, 1.54) is 6.07 Å². The second-order valence-electron chi connectivity index (χ2n) is 6.88. The molecular weight excluding hydrogens is 321 g/mol. The lowest BCUT2D eigenvalue weighted by Crippen LogP contribution is -2.47. The number of nitrogens with zero attached hydrogens (tertiary/aromatic N) is 4. The van der Waals surface area contributed by atoms with Crippen molar-refractivity contribution in [1.82, 2.24) is 14.5 Å². The molecule has 1 N–H and O–H groups in total. The molecule has 128 valence electrons. The van der Waals surface area contributed by atoms with E-state index in [1.54, 1.807) is 18.2 Å². The maximum atomic E-state index is 13.5. The zero-order valence-corrected chi connectivity index (χ0v) is 13.8. The molecule has 2 bridgehead atoms. The third kappa shape index (κ3) is 2.15. The average Bonchev–Trinajstić information content (AvgIpc) is 3.29. The number of aromatic nitrogens is 3. The predicted molar refractivity (Wildman–Crippen MR) is 94.6 cm³/mol. The molecule has 2 aliphatic rings. The summed E-state index contributed by atoms with van der Waals surface area (Å²) in [6.45, 7) is 1.59. The third-order valence-corrected chi connectivity index (χ3v) is 5.37. The van der Waals surface area contributed by atoms with Crippen LogP contribution in [0.5, 0.6) is 0 Å². The molecule has 2 fully saturated rings. The van der Waals surface area contributed by atoms with E-state index in [2.05, 4.69) is 19.8 Å². The predicted octanol–water partition coefficient (Wildman–Crippen LogP) is 1.87. The van der Waals surface area contributed by atoms with Gasteiger partial charge in [-0.25, -0.2) is 4.39 Å². The fourth-order valence-electron chi connectivity index (χ4n) is 4.17. The minimum atomic E-state index is -0.211. The number of rotatable bonds is 2. The molecular formula is C18H18FN5O. The van der Waals surface area contributed by atoms with Crippen molar-refractivity contribution in [3.05, 3.63) is 52.7 Å². The summed E-state index contributed by atoms with van der Waals surface area (Å²) in [5.41, 5.74) is 1.51. The Morgan fingerprint density at radius 3 is 2.76 bits per heavy atom. The Hall–Kier alpha value is -2.83. The Kier molecular flexibility index (Phi) is 2.95. The summed E-state index contributed by atoms with van der Waals surface area (Å²) in [4.78, 5) is 24.3. The first-order valence-corrected chi connectivity index (χ1v) is 8.44. The van der Waals surface area contributed by atoms with Crippen LogP contribution in [0.4, 0.5) is 16.0 Å². The van der Waals surface area contributed by atoms with Crippen LogP contribution >= 0.6 is 0 Å². The summed E-state index contributed by atoms with van der Waals surface area (Å²) in [5, 5.41) is 0.608. The second kappa shape index (κ2) is 5.08. The lowest BCUT2D eigenvalue weighted by Gasteiger charge is -2.35. The van der Waals surface area contributed by atoms with E-state index in [0.29, 0.717) is 23.0 Å². The van der Waals surface area contributed by atoms with E-state index in [1.807, 2.05) is 23.9 Å². The van der Waals surface area contributed by atoms with Crippen molar-refractivity contribution in [2.24, 2.45) is 7.05 Å². The summed E-state index contributed by atoms with van der Waals surface area (Å²) in [6, 6.07) is 9.11. The Morgan fingerprint density at radius 2 is 2.00 bits per heavy atom. The molecule has 0 amide bonds. The minimum absolute atomic E-state index is 0.106. The molecule has 2 aliphatic heterocycles. The van der Waals surface area contributed by atoms with Crippen molar-refractivity contribution < 1.29 is 4.39 Å². The van der Waals surface area contributed by atoms with Gasteiger partial charge in [-0.1, -0.05) is 6.07 Å². The van der Waals surface area contributed by atoms with E-state index in [9.17, 15) is 9.18 Å². The first-order chi connectivity index (χ1) is 12.1. The van der Waals surface area contributed by atoms with Crippen molar-refractivity contribution in [2.75, 3.05) is 22.9 Å². The number of H-pyrrole nitrogens is 1. The molecule has 2 atom stereocenters. The van der Waals surface area contributed by atoms with Crippen LogP contribution in [0.25, 0.3) is 11.0 Å². The summed E-state index contributed by atoms with van der Waals surface area (Å²) in [7, 11) is 1.89. The number of hydrogen-bond donors (Lipinski definition) is 1. The van der Waals surface area contributed by atoms with Gasteiger partial charge in [-0.05, 0) is 30.7 Å². The van der Waals surface area contributed by atoms with Gasteiger partial charge in [0.25, 0.3) is 5.56 Å². The third-order valence-electron chi connectivity index (χ3n) is 5.37. The second-order valence-corrected chi connectivity index (χ2v) is 6.88. The van der Waals surface area contributed by atoms with E-state index >= 15 is 0 Å². The van der Waals surface area contributed by atoms with Crippen molar-refractivity contribution in [1.29, 1.82) is 0 Å². The first-order valence-electron chi connectivity index (χ1n) is 8.44. The molecule has 0 unspecified atom stereocenters. The molecule has 0 radical (unpaired) electrons. The topological polar surface area (TPSA) is 57.2 Å². The van der Waals surface area contributed by atoms with Crippen LogP contribution in [0, 0.1) is 5.82 Å². The highest BCUT2D eigenvalue weighted by molar-refractivity contribution is 5.76. The van der Waals surface area contributed by atoms with Crippen LogP contribution < -0.4 is 15.4 Å². The van der Waals surface area contributed by atoms with Crippen LogP contribution in [0.2, 0.25) is 0 Å². The van der Waals surface area contributed by atoms with Gasteiger partial charge in [-0.2, -0.15) is 4.98 Å². The standard InChI is InChI=1S/C18H18FN5O/c1-22-6-5-15-16(22)20-18(21-17(15)25)24-10-13-8-14(24)9-23(13)12-4-2-3-11(19)7-12/h2-7,13-14H,8-10H2,1H3,(H,20,21,25)/t13-,14-/m0/s1. The zero-order chi connectivity index (χ0) is 17.1. The quantitative estimate of drug-likeness (QED) is 0.774. The number of benzene rings is 1. The Morgan fingerprint density at radius 1 is 1.20 bits per heavy atom. The Bertz CT molecular complexity index is 1030. The van der Waals surface area contributed by atoms with Crippen LogP contribution in [0.1, 0.15) is 6.42 Å². The maximum absolute atomic E-state index is 13.5. The van der Waals surface area contributed by atoms with Gasteiger partial charge in [0.1, 0.15) is 11.5 Å². The number of aryl methyl sites for hydroxylation is 1. The molecule has 6 nitrogen and oxygen atoms in total. The number of anilines is 2. The van der Waals surface area contributed by atoms with Crippen LogP contribution in [-0.2, 0) is 7.05 Å². The van der Waals surface area contributed by atoms with Crippen molar-refractivity contribution >= 4 is 22.7 Å². The average molecular weight is 339 g/mol. The highest BCUT2D eigenvalue weighted by atomic mass is 19.1. The fraction of sp³-hybridized carbons (Fsp3) is 0.333. The van der Waals surface area contributed by atoms with E-state index in [4.69, 9.17) is 0 Å². The van der Waals surface area contributed by atoms with Gasteiger partial charge in [-0.3, -0.25) is 9.78 Å². The highest BCUT2D eigenvalue weighted by Gasteiger charge is 2.44. The van der Waals surface area contributed by atoms with Crippen molar-refractivity contribution in [2.45, 2.75) is 18.5 Å². The Balaban J connectivity index is 1.46. The number of piperazine rings is 1. The van der Waals surface area contributed by atoms with Gasteiger partial charge in [0.15, 0.2) is 0 Å². The Labute approximate surface area is 143 Å². The number of hydrogen-bond acceptors (Lipinski definition) is 4. The molecule has 0 saturated carbocycles. The van der Waals surface area contributed by atoms with Crippen LogP contribution in [0.3, 0.4) is 0 Å². The van der Waals surface area contributed by atoms with Crippen molar-refractivity contribution in [3.8, 4) is 0 Å². The molecule has 0 aliphatic carbocycles. The van der Waals surface area contributed by atoms with Gasteiger partial charge in [-0.15, -0.1) is 0 Å². The molecule has 2 aromatic heterocycles. The number of halogens is 1. The molecule has 2 saturated heterocycles.